The van der Waals surface area contributed by atoms with Crippen LogP contribution in [0.2, 0.25) is 0 Å². The van der Waals surface area contributed by atoms with Crippen molar-refractivity contribution in [2.45, 2.75) is 32.7 Å². The van der Waals surface area contributed by atoms with Gasteiger partial charge in [0.1, 0.15) is 0 Å². The van der Waals surface area contributed by atoms with Crippen molar-refractivity contribution in [2.24, 2.45) is 13.0 Å². The molecule has 0 aliphatic carbocycles. The first kappa shape index (κ1) is 9.71. The van der Waals surface area contributed by atoms with Gasteiger partial charge in [-0.25, -0.2) is 0 Å². The molecular weight excluding hydrogens is 174 g/mol. The van der Waals surface area contributed by atoms with Crippen LogP contribution >= 0.6 is 0 Å². The van der Waals surface area contributed by atoms with Crippen molar-refractivity contribution in [1.82, 2.24) is 15.1 Å². The lowest BCUT2D eigenvalue weighted by Crippen LogP contribution is -2.14. The number of nitrogens with zero attached hydrogens (tertiary/aromatic N) is 2. The molecule has 1 aliphatic rings. The maximum atomic E-state index is 4.48. The molecule has 3 heteroatoms. The van der Waals surface area contributed by atoms with Crippen molar-refractivity contribution in [2.75, 3.05) is 6.54 Å². The topological polar surface area (TPSA) is 29.9 Å². The molecule has 0 aromatic carbocycles. The lowest BCUT2D eigenvalue weighted by molar-refractivity contribution is 0.607. The van der Waals surface area contributed by atoms with Gasteiger partial charge in [0.15, 0.2) is 0 Å². The Labute approximate surface area is 85.5 Å². The summed E-state index contributed by atoms with van der Waals surface area (Å²) < 4.78 is 1.93. The van der Waals surface area contributed by atoms with Gasteiger partial charge in [0.2, 0.25) is 0 Å². The van der Waals surface area contributed by atoms with Gasteiger partial charge in [-0.3, -0.25) is 4.68 Å². The van der Waals surface area contributed by atoms with Gasteiger partial charge in [-0.1, -0.05) is 13.8 Å². The van der Waals surface area contributed by atoms with Crippen molar-refractivity contribution >= 4 is 0 Å². The molecule has 0 radical (unpaired) electrons. The number of hydrogen-bond donors (Lipinski definition) is 1. The molecule has 14 heavy (non-hydrogen) atoms. The van der Waals surface area contributed by atoms with Crippen molar-refractivity contribution in [3.8, 4) is 0 Å². The minimum absolute atomic E-state index is 0.536. The van der Waals surface area contributed by atoms with E-state index in [1.807, 2.05) is 11.7 Å². The Morgan fingerprint density at radius 1 is 1.64 bits per heavy atom. The Kier molecular flexibility index (Phi) is 2.59. The van der Waals surface area contributed by atoms with Crippen LogP contribution in [0.25, 0.3) is 0 Å². The lowest BCUT2D eigenvalue weighted by atomic mass is 10.0. The molecule has 1 N–H and O–H groups in total. The summed E-state index contributed by atoms with van der Waals surface area (Å²) in [5, 5.41) is 8.03. The summed E-state index contributed by atoms with van der Waals surface area (Å²) in [5.41, 5.74) is 2.65. The Bertz CT molecular complexity index is 316. The van der Waals surface area contributed by atoms with Crippen LogP contribution in [0, 0.1) is 5.92 Å². The van der Waals surface area contributed by atoms with Crippen LogP contribution in [0.3, 0.4) is 0 Å². The van der Waals surface area contributed by atoms with Crippen LogP contribution < -0.4 is 5.32 Å². The van der Waals surface area contributed by atoms with Crippen LogP contribution in [0.15, 0.2) is 6.20 Å². The maximum Gasteiger partial charge on any atom is 0.0669 e. The summed E-state index contributed by atoms with van der Waals surface area (Å²) in [6, 6.07) is 0.536. The van der Waals surface area contributed by atoms with Crippen molar-refractivity contribution in [3.63, 3.8) is 0 Å². The number of nitrogens with one attached hydrogen (secondary N) is 1. The maximum absolute atomic E-state index is 4.48. The summed E-state index contributed by atoms with van der Waals surface area (Å²) in [5.74, 6) is 0.796. The Morgan fingerprint density at radius 2 is 2.43 bits per heavy atom. The van der Waals surface area contributed by atoms with E-state index in [2.05, 4.69) is 30.5 Å². The van der Waals surface area contributed by atoms with Crippen molar-refractivity contribution in [3.05, 3.63) is 17.5 Å². The van der Waals surface area contributed by atoms with Crippen LogP contribution in [0.1, 0.15) is 37.6 Å². The summed E-state index contributed by atoms with van der Waals surface area (Å²) in [6.07, 6.45) is 4.44. The van der Waals surface area contributed by atoms with E-state index in [0.29, 0.717) is 6.04 Å². The molecule has 1 aromatic heterocycles. The number of rotatable bonds is 2. The fourth-order valence-electron chi connectivity index (χ4n) is 2.27. The second kappa shape index (κ2) is 3.73. The summed E-state index contributed by atoms with van der Waals surface area (Å²) >= 11 is 0. The monoisotopic (exact) mass is 193 g/mol. The highest BCUT2D eigenvalue weighted by atomic mass is 15.3. The SMILES string of the molecule is CCc1nn(C)cc1C1CC(C)CN1. The van der Waals surface area contributed by atoms with Crippen molar-refractivity contribution in [1.29, 1.82) is 0 Å². The zero-order valence-electron chi connectivity index (χ0n) is 9.25. The number of hydrogen-bond acceptors (Lipinski definition) is 2. The molecule has 0 amide bonds. The van der Waals surface area contributed by atoms with Crippen molar-refractivity contribution < 1.29 is 0 Å². The van der Waals surface area contributed by atoms with Gasteiger partial charge in [0.05, 0.1) is 5.69 Å². The molecule has 78 valence electrons. The fraction of sp³-hybridized carbons (Fsp3) is 0.727. The average Bonchev–Trinajstić information content (AvgIpc) is 2.71. The molecule has 2 unspecified atom stereocenters. The van der Waals surface area contributed by atoms with Gasteiger partial charge in [0, 0.05) is 24.8 Å². The predicted molar refractivity (Wildman–Crippen MR) is 57.1 cm³/mol. The van der Waals surface area contributed by atoms with E-state index in [4.69, 9.17) is 0 Å². The molecule has 1 saturated heterocycles. The molecule has 3 nitrogen and oxygen atoms in total. The first-order chi connectivity index (χ1) is 6.70. The first-order valence-corrected chi connectivity index (χ1v) is 5.46. The van der Waals surface area contributed by atoms with Crippen LogP contribution in [0.5, 0.6) is 0 Å². The molecule has 1 aromatic rings. The van der Waals surface area contributed by atoms with Gasteiger partial charge in [-0.2, -0.15) is 5.10 Å². The third kappa shape index (κ3) is 1.69. The highest BCUT2D eigenvalue weighted by molar-refractivity contribution is 5.22. The molecule has 0 bridgehead atoms. The standard InChI is InChI=1S/C11H19N3/c1-4-10-9(7-14(3)13-10)11-5-8(2)6-12-11/h7-8,11-12H,4-6H2,1-3H3. The molecule has 2 heterocycles. The van der Waals surface area contributed by atoms with Gasteiger partial charge in [-0.05, 0) is 25.3 Å². The third-order valence-electron chi connectivity index (χ3n) is 3.00. The third-order valence-corrected chi connectivity index (χ3v) is 3.00. The summed E-state index contributed by atoms with van der Waals surface area (Å²) in [4.78, 5) is 0. The Hall–Kier alpha value is -0.830. The van der Waals surface area contributed by atoms with Gasteiger partial charge < -0.3 is 5.32 Å². The second-order valence-corrected chi connectivity index (χ2v) is 4.36. The highest BCUT2D eigenvalue weighted by Crippen LogP contribution is 2.28. The molecule has 2 atom stereocenters. The number of aromatic nitrogens is 2. The smallest absolute Gasteiger partial charge is 0.0669 e. The highest BCUT2D eigenvalue weighted by Gasteiger charge is 2.25. The first-order valence-electron chi connectivity index (χ1n) is 5.46. The van der Waals surface area contributed by atoms with Crippen LogP contribution in [0.4, 0.5) is 0 Å². The molecule has 0 saturated carbocycles. The minimum Gasteiger partial charge on any atom is -0.310 e. The van der Waals surface area contributed by atoms with Crippen LogP contribution in [-0.4, -0.2) is 16.3 Å². The second-order valence-electron chi connectivity index (χ2n) is 4.36. The van der Waals surface area contributed by atoms with E-state index < -0.39 is 0 Å². The summed E-state index contributed by atoms with van der Waals surface area (Å²) in [7, 11) is 2.00. The quantitative estimate of drug-likeness (QED) is 0.774. The van der Waals surface area contributed by atoms with E-state index in [9.17, 15) is 0 Å². The Balaban J connectivity index is 2.22. The van der Waals surface area contributed by atoms with E-state index in [1.54, 1.807) is 0 Å². The summed E-state index contributed by atoms with van der Waals surface area (Å²) in [6.45, 7) is 5.61. The fourth-order valence-corrected chi connectivity index (χ4v) is 2.27. The van der Waals surface area contributed by atoms with Gasteiger partial charge in [-0.15, -0.1) is 0 Å². The number of aryl methyl sites for hydroxylation is 2. The van der Waals surface area contributed by atoms with Crippen LogP contribution in [-0.2, 0) is 13.5 Å². The van der Waals surface area contributed by atoms with E-state index in [1.165, 1.54) is 17.7 Å². The zero-order valence-corrected chi connectivity index (χ0v) is 9.25. The van der Waals surface area contributed by atoms with E-state index in [0.717, 1.165) is 18.9 Å². The molecule has 2 rings (SSSR count). The average molecular weight is 193 g/mol. The molecule has 1 aliphatic heterocycles. The normalized spacial score (nSPS) is 27.1. The molecule has 1 fully saturated rings. The van der Waals surface area contributed by atoms with E-state index >= 15 is 0 Å². The molecule has 0 spiro atoms. The predicted octanol–water partition coefficient (Wildman–Crippen LogP) is 1.65. The largest absolute Gasteiger partial charge is 0.310 e. The lowest BCUT2D eigenvalue weighted by Gasteiger charge is -2.08. The zero-order chi connectivity index (χ0) is 10.1. The van der Waals surface area contributed by atoms with E-state index in [-0.39, 0.29) is 0 Å². The van der Waals surface area contributed by atoms with Gasteiger partial charge >= 0.3 is 0 Å². The van der Waals surface area contributed by atoms with Gasteiger partial charge in [0.25, 0.3) is 0 Å². The minimum atomic E-state index is 0.536. The molecular formula is C11H19N3. The Morgan fingerprint density at radius 3 is 3.00 bits per heavy atom.